The third-order valence-corrected chi connectivity index (χ3v) is 5.32. The zero-order valence-electron chi connectivity index (χ0n) is 16.7. The third kappa shape index (κ3) is 4.98. The van der Waals surface area contributed by atoms with E-state index in [0.717, 1.165) is 22.5 Å². The lowest BCUT2D eigenvalue weighted by atomic mass is 10.1. The first-order chi connectivity index (χ1) is 13.5. The van der Waals surface area contributed by atoms with Crippen LogP contribution in [0.25, 0.3) is 10.2 Å². The number of carbonyl (C=O) groups excluding carboxylic acids is 2. The van der Waals surface area contributed by atoms with Gasteiger partial charge in [0.1, 0.15) is 0 Å². The number of rotatable bonds is 8. The summed E-state index contributed by atoms with van der Waals surface area (Å²) >= 11 is 0.962. The van der Waals surface area contributed by atoms with E-state index in [2.05, 4.69) is 15.0 Å². The van der Waals surface area contributed by atoms with E-state index in [1.54, 1.807) is 13.0 Å². The molecule has 2 rings (SSSR count). The molecule has 0 aliphatic carbocycles. The lowest BCUT2D eigenvalue weighted by Crippen LogP contribution is -2.69. The van der Waals surface area contributed by atoms with Gasteiger partial charge >= 0.3 is 17.8 Å². The largest absolute Gasteiger partial charge is 0.463 e. The fraction of sp³-hybridized carbons (Fsp3) is 0.526. The number of fused-ring (bicyclic) bond motifs is 1. The van der Waals surface area contributed by atoms with Crippen LogP contribution in [0.5, 0.6) is 0 Å². The summed E-state index contributed by atoms with van der Waals surface area (Å²) in [6.45, 7) is 6.67. The summed E-state index contributed by atoms with van der Waals surface area (Å²) in [5.41, 5.74) is -1.02. The van der Waals surface area contributed by atoms with E-state index in [1.807, 2.05) is 25.2 Å². The van der Waals surface area contributed by atoms with Crippen LogP contribution in [0.1, 0.15) is 44.2 Å². The predicted molar refractivity (Wildman–Crippen MR) is 106 cm³/mol. The molecule has 0 aliphatic rings. The highest BCUT2D eigenvalue weighted by Gasteiger charge is 2.64. The van der Waals surface area contributed by atoms with Gasteiger partial charge in [0.25, 0.3) is 0 Å². The van der Waals surface area contributed by atoms with Crippen molar-refractivity contribution in [2.45, 2.75) is 58.8 Å². The summed E-state index contributed by atoms with van der Waals surface area (Å²) in [5, 5.41) is 3.80. The van der Waals surface area contributed by atoms with Crippen LogP contribution in [-0.4, -0.2) is 35.3 Å². The molecule has 0 bridgehead atoms. The zero-order valence-corrected chi connectivity index (χ0v) is 17.5. The molecule has 2 N–H and O–H groups in total. The Morgan fingerprint density at radius 1 is 1.17 bits per heavy atom. The van der Waals surface area contributed by atoms with Gasteiger partial charge in [-0.3, -0.25) is 4.79 Å². The van der Waals surface area contributed by atoms with Crippen LogP contribution in [-0.2, 0) is 14.3 Å². The fourth-order valence-electron chi connectivity index (χ4n) is 2.63. The van der Waals surface area contributed by atoms with E-state index >= 15 is 0 Å². The number of thiazole rings is 1. The molecule has 1 amide bonds. The molecule has 10 heteroatoms. The summed E-state index contributed by atoms with van der Waals surface area (Å²) in [4.78, 5) is 28.7. The Balaban J connectivity index is 2.50. The molecule has 0 spiro atoms. The Hall–Kier alpha value is -2.36. The van der Waals surface area contributed by atoms with Crippen molar-refractivity contribution < 1.29 is 27.5 Å². The topological polar surface area (TPSA) is 80.3 Å². The van der Waals surface area contributed by atoms with Gasteiger partial charge in [-0.05, 0) is 50.5 Å². The van der Waals surface area contributed by atoms with Crippen molar-refractivity contribution in [1.82, 2.24) is 10.3 Å². The molecule has 29 heavy (non-hydrogen) atoms. The number of esters is 1. The van der Waals surface area contributed by atoms with Crippen LogP contribution < -0.4 is 10.6 Å². The second-order valence-corrected chi connectivity index (χ2v) is 7.70. The molecule has 6 nitrogen and oxygen atoms in total. The Bertz CT molecular complexity index is 859. The van der Waals surface area contributed by atoms with Crippen molar-refractivity contribution in [3.8, 4) is 0 Å². The number of nitrogens with one attached hydrogen (secondary N) is 2. The molecule has 0 saturated heterocycles. The Morgan fingerprint density at radius 2 is 1.83 bits per heavy atom. The molecular formula is C19H24F3N3O3S. The molecular weight excluding hydrogens is 407 g/mol. The fourth-order valence-corrected chi connectivity index (χ4v) is 3.63. The molecule has 0 fully saturated rings. The van der Waals surface area contributed by atoms with Crippen molar-refractivity contribution >= 4 is 38.6 Å². The van der Waals surface area contributed by atoms with Gasteiger partial charge in [0.05, 0.1) is 16.8 Å². The average Bonchev–Trinajstić information content (AvgIpc) is 2.99. The van der Waals surface area contributed by atoms with E-state index in [-0.39, 0.29) is 18.2 Å². The summed E-state index contributed by atoms with van der Waals surface area (Å²) in [6.07, 6.45) is -4.30. The highest BCUT2D eigenvalue weighted by molar-refractivity contribution is 7.22. The van der Waals surface area contributed by atoms with Gasteiger partial charge in [-0.2, -0.15) is 13.2 Å². The van der Waals surface area contributed by atoms with E-state index in [4.69, 9.17) is 0 Å². The number of hydrogen-bond acceptors (Lipinski definition) is 6. The first kappa shape index (κ1) is 22.9. The lowest BCUT2D eigenvalue weighted by Gasteiger charge is -2.34. The predicted octanol–water partition coefficient (Wildman–Crippen LogP) is 4.45. The molecule has 1 heterocycles. The summed E-state index contributed by atoms with van der Waals surface area (Å²) < 4.78 is 47.6. The van der Waals surface area contributed by atoms with E-state index in [0.29, 0.717) is 23.1 Å². The molecule has 1 atom stereocenters. The zero-order chi connectivity index (χ0) is 21.8. The maximum atomic E-state index is 14.1. The maximum Gasteiger partial charge on any atom is 0.442 e. The standard InChI is InChI=1S/C19H24F3N3O3S/c1-5-7-8-15(26)24-18(19(20,21)22,16(27)28-6-2)25-17-23-13-9-11(3)12(4)10-14(13)29-17/h9-10H,5-8H2,1-4H3,(H,23,25)(H,24,26)/t18-/m1/s1. The van der Waals surface area contributed by atoms with Gasteiger partial charge in [0, 0.05) is 6.42 Å². The van der Waals surface area contributed by atoms with Crippen molar-refractivity contribution in [2.24, 2.45) is 0 Å². The minimum atomic E-state index is -5.16. The van der Waals surface area contributed by atoms with Crippen LogP contribution in [0, 0.1) is 13.8 Å². The number of ether oxygens (including phenoxy) is 1. The first-order valence-electron chi connectivity index (χ1n) is 9.25. The molecule has 0 saturated carbocycles. The van der Waals surface area contributed by atoms with E-state index < -0.39 is 23.7 Å². The van der Waals surface area contributed by atoms with Gasteiger partial charge < -0.3 is 15.4 Å². The normalized spacial score (nSPS) is 13.8. The van der Waals surface area contributed by atoms with Crippen molar-refractivity contribution in [2.75, 3.05) is 11.9 Å². The summed E-state index contributed by atoms with van der Waals surface area (Å²) in [7, 11) is 0. The number of hydrogen-bond donors (Lipinski definition) is 2. The average molecular weight is 431 g/mol. The number of alkyl halides is 3. The SMILES string of the molecule is CCCCC(=O)N[C@@](Nc1nc2cc(C)c(C)cc2s1)(C(=O)OCC)C(F)(F)F. The Kier molecular flexibility index (Phi) is 7.10. The number of anilines is 1. The third-order valence-electron chi connectivity index (χ3n) is 4.39. The minimum absolute atomic E-state index is 0.145. The van der Waals surface area contributed by atoms with Gasteiger partial charge in [0.2, 0.25) is 5.91 Å². The van der Waals surface area contributed by atoms with Gasteiger partial charge in [0.15, 0.2) is 5.13 Å². The van der Waals surface area contributed by atoms with Gasteiger partial charge in [-0.15, -0.1) is 0 Å². The number of aryl methyl sites for hydroxylation is 2. The second kappa shape index (κ2) is 8.98. The number of unbranched alkanes of at least 4 members (excludes halogenated alkanes) is 1. The summed E-state index contributed by atoms with van der Waals surface area (Å²) in [5.74, 6) is -2.54. The maximum absolute atomic E-state index is 14.1. The van der Waals surface area contributed by atoms with Crippen molar-refractivity contribution in [3.05, 3.63) is 23.3 Å². The van der Waals surface area contributed by atoms with E-state index in [9.17, 15) is 22.8 Å². The van der Waals surface area contributed by atoms with Crippen molar-refractivity contribution in [1.29, 1.82) is 0 Å². The minimum Gasteiger partial charge on any atom is -0.463 e. The smallest absolute Gasteiger partial charge is 0.442 e. The van der Waals surface area contributed by atoms with Crippen LogP contribution in [0.15, 0.2) is 12.1 Å². The second-order valence-electron chi connectivity index (χ2n) is 6.67. The molecule has 1 aromatic heterocycles. The number of aromatic nitrogens is 1. The first-order valence-corrected chi connectivity index (χ1v) is 10.1. The quantitative estimate of drug-likeness (QED) is 0.477. The number of carbonyl (C=O) groups is 2. The van der Waals surface area contributed by atoms with E-state index in [1.165, 1.54) is 6.92 Å². The van der Waals surface area contributed by atoms with Crippen molar-refractivity contribution in [3.63, 3.8) is 0 Å². The van der Waals surface area contributed by atoms with Crippen LogP contribution in [0.4, 0.5) is 18.3 Å². The molecule has 0 unspecified atom stereocenters. The molecule has 0 aliphatic heterocycles. The Labute approximate surface area is 170 Å². The monoisotopic (exact) mass is 431 g/mol. The summed E-state index contributed by atoms with van der Waals surface area (Å²) in [6, 6.07) is 3.57. The number of halogens is 3. The van der Waals surface area contributed by atoms with Crippen LogP contribution in [0.2, 0.25) is 0 Å². The van der Waals surface area contributed by atoms with Crippen LogP contribution >= 0.6 is 11.3 Å². The van der Waals surface area contributed by atoms with Gasteiger partial charge in [-0.1, -0.05) is 24.7 Å². The lowest BCUT2D eigenvalue weighted by molar-refractivity contribution is -0.207. The molecule has 2 aromatic rings. The number of amides is 1. The number of nitrogens with zero attached hydrogens (tertiary/aromatic N) is 1. The Morgan fingerprint density at radius 3 is 2.41 bits per heavy atom. The molecule has 0 radical (unpaired) electrons. The highest BCUT2D eigenvalue weighted by Crippen LogP contribution is 2.36. The molecule has 1 aromatic carbocycles. The highest BCUT2D eigenvalue weighted by atomic mass is 32.1. The number of benzene rings is 1. The van der Waals surface area contributed by atoms with Crippen LogP contribution in [0.3, 0.4) is 0 Å². The molecule has 160 valence electrons. The van der Waals surface area contributed by atoms with Gasteiger partial charge in [-0.25, -0.2) is 9.78 Å².